The lowest BCUT2D eigenvalue weighted by molar-refractivity contribution is 0.158. The fourth-order valence-corrected chi connectivity index (χ4v) is 0.911. The molecule has 0 saturated heterocycles. The van der Waals surface area contributed by atoms with E-state index in [2.05, 4.69) is 10.6 Å². The number of nitrogens with one attached hydrogen (secondary N) is 2. The zero-order valence-corrected chi connectivity index (χ0v) is 8.72. The molecule has 4 nitrogen and oxygen atoms in total. The normalized spacial score (nSPS) is 12.2. The zero-order chi connectivity index (χ0) is 10.1. The molecule has 0 heterocycles. The highest BCUT2D eigenvalue weighted by Gasteiger charge is 2.03. The molecule has 0 saturated carbocycles. The van der Waals surface area contributed by atoms with E-state index in [9.17, 15) is 4.79 Å². The van der Waals surface area contributed by atoms with Crippen molar-refractivity contribution in [1.29, 1.82) is 0 Å². The molecule has 78 valence electrons. The molecule has 0 aliphatic carbocycles. The van der Waals surface area contributed by atoms with Gasteiger partial charge in [-0.15, -0.1) is 0 Å². The quantitative estimate of drug-likeness (QED) is 0.652. The molecular formula is C9H20N2O2. The van der Waals surface area contributed by atoms with Gasteiger partial charge >= 0.3 is 6.03 Å². The average Bonchev–Trinajstić information content (AvgIpc) is 2.12. The molecule has 0 aliphatic rings. The first-order valence-electron chi connectivity index (χ1n) is 4.71. The zero-order valence-electron chi connectivity index (χ0n) is 8.72. The number of rotatable bonds is 6. The molecule has 4 heteroatoms. The molecule has 0 spiro atoms. The number of hydrogen-bond acceptors (Lipinski definition) is 2. The number of carbonyl (C=O) groups excluding carboxylic acids is 1. The Morgan fingerprint density at radius 1 is 1.46 bits per heavy atom. The first-order valence-corrected chi connectivity index (χ1v) is 4.71. The van der Waals surface area contributed by atoms with Crippen molar-refractivity contribution in [2.24, 2.45) is 5.92 Å². The number of urea groups is 1. The molecule has 0 radical (unpaired) electrons. The van der Waals surface area contributed by atoms with Gasteiger partial charge in [-0.3, -0.25) is 0 Å². The van der Waals surface area contributed by atoms with Crippen molar-refractivity contribution in [2.45, 2.75) is 20.3 Å². The van der Waals surface area contributed by atoms with Gasteiger partial charge in [0.25, 0.3) is 0 Å². The Labute approximate surface area is 80.0 Å². The maximum atomic E-state index is 11.0. The Hall–Kier alpha value is -0.770. The third-order valence-electron chi connectivity index (χ3n) is 1.60. The lowest BCUT2D eigenvalue weighted by atomic mass is 10.2. The number of carbonyl (C=O) groups is 1. The van der Waals surface area contributed by atoms with Crippen molar-refractivity contribution in [3.05, 3.63) is 0 Å². The van der Waals surface area contributed by atoms with Gasteiger partial charge < -0.3 is 15.4 Å². The highest BCUT2D eigenvalue weighted by atomic mass is 16.5. The first kappa shape index (κ1) is 12.2. The summed E-state index contributed by atoms with van der Waals surface area (Å²) in [4.78, 5) is 11.0. The fraction of sp³-hybridized carbons (Fsp3) is 0.889. The van der Waals surface area contributed by atoms with Gasteiger partial charge in [-0.2, -0.15) is 0 Å². The number of hydrogen-bond donors (Lipinski definition) is 2. The second kappa shape index (κ2) is 7.86. The SMILES string of the molecule is CCCNC(=O)NCC(C)COC. The average molecular weight is 188 g/mol. The van der Waals surface area contributed by atoms with Crippen LogP contribution < -0.4 is 10.6 Å². The van der Waals surface area contributed by atoms with Crippen molar-refractivity contribution in [2.75, 3.05) is 26.8 Å². The second-order valence-corrected chi connectivity index (χ2v) is 3.20. The van der Waals surface area contributed by atoms with Gasteiger partial charge in [0.2, 0.25) is 0 Å². The van der Waals surface area contributed by atoms with E-state index in [-0.39, 0.29) is 6.03 Å². The van der Waals surface area contributed by atoms with Gasteiger partial charge in [-0.05, 0) is 12.3 Å². The standard InChI is InChI=1S/C9H20N2O2/c1-4-5-10-9(12)11-6-8(2)7-13-3/h8H,4-7H2,1-3H3,(H2,10,11,12). The van der Waals surface area contributed by atoms with E-state index in [4.69, 9.17) is 4.74 Å². The minimum absolute atomic E-state index is 0.0928. The highest BCUT2D eigenvalue weighted by Crippen LogP contribution is 1.91. The van der Waals surface area contributed by atoms with Crippen LogP contribution in [0.4, 0.5) is 4.79 Å². The molecule has 0 bridgehead atoms. The largest absolute Gasteiger partial charge is 0.384 e. The molecule has 2 amide bonds. The van der Waals surface area contributed by atoms with E-state index < -0.39 is 0 Å². The van der Waals surface area contributed by atoms with Crippen LogP contribution in [0.15, 0.2) is 0 Å². The predicted molar refractivity (Wildman–Crippen MR) is 52.7 cm³/mol. The predicted octanol–water partition coefficient (Wildman–Crippen LogP) is 0.978. The maximum absolute atomic E-state index is 11.0. The number of amides is 2. The molecule has 0 aliphatic heterocycles. The van der Waals surface area contributed by atoms with Gasteiger partial charge in [-0.1, -0.05) is 13.8 Å². The van der Waals surface area contributed by atoms with Crippen molar-refractivity contribution >= 4 is 6.03 Å². The van der Waals surface area contributed by atoms with Crippen LogP contribution in [-0.2, 0) is 4.74 Å². The third-order valence-corrected chi connectivity index (χ3v) is 1.60. The van der Waals surface area contributed by atoms with E-state index >= 15 is 0 Å². The molecule has 0 aromatic carbocycles. The van der Waals surface area contributed by atoms with Crippen LogP contribution in [0, 0.1) is 5.92 Å². The van der Waals surface area contributed by atoms with Gasteiger partial charge in [0.1, 0.15) is 0 Å². The summed E-state index contributed by atoms with van der Waals surface area (Å²) >= 11 is 0. The van der Waals surface area contributed by atoms with Gasteiger partial charge in [0.05, 0.1) is 6.61 Å². The second-order valence-electron chi connectivity index (χ2n) is 3.20. The van der Waals surface area contributed by atoms with Gasteiger partial charge in [0.15, 0.2) is 0 Å². The van der Waals surface area contributed by atoms with E-state index in [1.807, 2.05) is 13.8 Å². The van der Waals surface area contributed by atoms with E-state index in [0.29, 0.717) is 19.1 Å². The summed E-state index contributed by atoms with van der Waals surface area (Å²) in [5, 5.41) is 5.51. The monoisotopic (exact) mass is 188 g/mol. The Morgan fingerprint density at radius 3 is 2.69 bits per heavy atom. The Kier molecular flexibility index (Phi) is 7.39. The van der Waals surface area contributed by atoms with Crippen molar-refractivity contribution in [1.82, 2.24) is 10.6 Å². The summed E-state index contributed by atoms with van der Waals surface area (Å²) in [6, 6.07) is -0.0928. The van der Waals surface area contributed by atoms with Gasteiger partial charge in [-0.25, -0.2) is 4.79 Å². The maximum Gasteiger partial charge on any atom is 0.314 e. The smallest absolute Gasteiger partial charge is 0.314 e. The molecule has 0 fully saturated rings. The summed E-state index contributed by atoms with van der Waals surface area (Å²) in [6.07, 6.45) is 0.959. The molecule has 1 atom stereocenters. The fourth-order valence-electron chi connectivity index (χ4n) is 0.911. The Morgan fingerprint density at radius 2 is 2.15 bits per heavy atom. The van der Waals surface area contributed by atoms with Crippen molar-refractivity contribution < 1.29 is 9.53 Å². The first-order chi connectivity index (χ1) is 6.20. The van der Waals surface area contributed by atoms with Crippen LogP contribution in [0.5, 0.6) is 0 Å². The van der Waals surface area contributed by atoms with E-state index in [0.717, 1.165) is 13.0 Å². The molecule has 2 N–H and O–H groups in total. The molecule has 0 rings (SSSR count). The van der Waals surface area contributed by atoms with E-state index in [1.165, 1.54) is 0 Å². The summed E-state index contributed by atoms with van der Waals surface area (Å²) in [7, 11) is 1.66. The van der Waals surface area contributed by atoms with Crippen LogP contribution >= 0.6 is 0 Å². The summed E-state index contributed by atoms with van der Waals surface area (Å²) < 4.78 is 4.95. The molecule has 0 aromatic rings. The van der Waals surface area contributed by atoms with Crippen LogP contribution in [0.2, 0.25) is 0 Å². The molecule has 0 aromatic heterocycles. The lowest BCUT2D eigenvalue weighted by Gasteiger charge is -2.11. The summed E-state index contributed by atoms with van der Waals surface area (Å²) in [6.45, 7) is 6.11. The van der Waals surface area contributed by atoms with Crippen molar-refractivity contribution in [3.63, 3.8) is 0 Å². The number of ether oxygens (including phenoxy) is 1. The Balaban J connectivity index is 3.34. The molecular weight excluding hydrogens is 168 g/mol. The van der Waals surface area contributed by atoms with Crippen LogP contribution in [0.25, 0.3) is 0 Å². The summed E-state index contributed by atoms with van der Waals surface area (Å²) in [5.41, 5.74) is 0. The topological polar surface area (TPSA) is 50.4 Å². The minimum atomic E-state index is -0.0928. The minimum Gasteiger partial charge on any atom is -0.384 e. The van der Waals surface area contributed by atoms with Crippen LogP contribution in [0.3, 0.4) is 0 Å². The highest BCUT2D eigenvalue weighted by molar-refractivity contribution is 5.73. The van der Waals surface area contributed by atoms with Gasteiger partial charge in [0, 0.05) is 20.2 Å². The van der Waals surface area contributed by atoms with Crippen molar-refractivity contribution in [3.8, 4) is 0 Å². The molecule has 1 unspecified atom stereocenters. The molecule has 13 heavy (non-hydrogen) atoms. The Bertz CT molecular complexity index is 140. The summed E-state index contributed by atoms with van der Waals surface area (Å²) in [5.74, 6) is 0.359. The van der Waals surface area contributed by atoms with Crippen LogP contribution in [-0.4, -0.2) is 32.8 Å². The lowest BCUT2D eigenvalue weighted by Crippen LogP contribution is -2.38. The van der Waals surface area contributed by atoms with E-state index in [1.54, 1.807) is 7.11 Å². The number of methoxy groups -OCH3 is 1. The van der Waals surface area contributed by atoms with Crippen LogP contribution in [0.1, 0.15) is 20.3 Å². The third kappa shape index (κ3) is 7.59.